The molecule has 22 heavy (non-hydrogen) atoms. The quantitative estimate of drug-likeness (QED) is 0.742. The van der Waals surface area contributed by atoms with E-state index >= 15 is 0 Å². The largest absolute Gasteiger partial charge is 0.573 e. The number of nitrogens with zero attached hydrogens (tertiary/aromatic N) is 1. The van der Waals surface area contributed by atoms with E-state index in [0.29, 0.717) is 13.2 Å². The van der Waals surface area contributed by atoms with Gasteiger partial charge in [0, 0.05) is 32.8 Å². The van der Waals surface area contributed by atoms with Crippen molar-refractivity contribution in [2.75, 3.05) is 33.9 Å². The molecule has 0 radical (unpaired) electrons. The molecule has 0 fully saturated rings. The highest BCUT2D eigenvalue weighted by Crippen LogP contribution is 2.26. The molecule has 0 bridgehead atoms. The molecule has 0 saturated heterocycles. The Bertz CT molecular complexity index is 481. The zero-order valence-corrected chi connectivity index (χ0v) is 12.4. The number of benzene rings is 1. The maximum atomic E-state index is 12.3. The number of hydrogen-bond acceptors (Lipinski definition) is 4. The van der Waals surface area contributed by atoms with Crippen molar-refractivity contribution in [3.05, 3.63) is 29.8 Å². The van der Waals surface area contributed by atoms with Gasteiger partial charge in [-0.05, 0) is 6.07 Å². The summed E-state index contributed by atoms with van der Waals surface area (Å²) in [5.74, 6) is -0.542. The fraction of sp³-hybridized carbons (Fsp3) is 0.500. The average Bonchev–Trinajstić information content (AvgIpc) is 2.44. The Hall–Kier alpha value is -1.80. The summed E-state index contributed by atoms with van der Waals surface area (Å²) < 4.78 is 45.8. The van der Waals surface area contributed by atoms with Gasteiger partial charge in [-0.2, -0.15) is 0 Å². The molecule has 0 unspecified atom stereocenters. The molecule has 8 heteroatoms. The molecule has 1 rings (SSSR count). The first-order valence-electron chi connectivity index (χ1n) is 6.60. The molecular weight excluding hydrogens is 301 g/mol. The van der Waals surface area contributed by atoms with Crippen molar-refractivity contribution in [1.29, 1.82) is 0 Å². The van der Waals surface area contributed by atoms with Gasteiger partial charge >= 0.3 is 6.36 Å². The van der Waals surface area contributed by atoms with Crippen molar-refractivity contribution < 1.29 is 27.4 Å². The number of carbonyl (C=O) groups is 1. The summed E-state index contributed by atoms with van der Waals surface area (Å²) >= 11 is 0. The van der Waals surface area contributed by atoms with Gasteiger partial charge in [-0.3, -0.25) is 4.79 Å². The third-order valence-corrected chi connectivity index (χ3v) is 2.79. The van der Waals surface area contributed by atoms with Crippen LogP contribution in [0.3, 0.4) is 0 Å². The van der Waals surface area contributed by atoms with Crippen LogP contribution < -0.4 is 10.1 Å². The van der Waals surface area contributed by atoms with Crippen LogP contribution in [0.15, 0.2) is 24.3 Å². The molecular formula is C14H19F3N2O3. The van der Waals surface area contributed by atoms with Gasteiger partial charge in [-0.25, -0.2) is 0 Å². The van der Waals surface area contributed by atoms with Crippen LogP contribution in [0.25, 0.3) is 0 Å². The number of hydrogen-bond donors (Lipinski definition) is 1. The number of rotatable bonds is 8. The van der Waals surface area contributed by atoms with Crippen molar-refractivity contribution in [3.8, 4) is 5.75 Å². The van der Waals surface area contributed by atoms with Crippen molar-refractivity contribution in [1.82, 2.24) is 10.2 Å². The average molecular weight is 320 g/mol. The van der Waals surface area contributed by atoms with Crippen LogP contribution in [0.4, 0.5) is 13.2 Å². The summed E-state index contributed by atoms with van der Waals surface area (Å²) in [6.07, 6.45) is -4.76. The Balaban J connectivity index is 2.60. The Morgan fingerprint density at radius 3 is 2.64 bits per heavy atom. The molecule has 1 aromatic carbocycles. The van der Waals surface area contributed by atoms with Gasteiger partial charge in [0.2, 0.25) is 5.91 Å². The molecule has 1 aromatic rings. The molecule has 5 nitrogen and oxygen atoms in total. The summed E-state index contributed by atoms with van der Waals surface area (Å²) in [4.78, 5) is 13.2. The summed E-state index contributed by atoms with van der Waals surface area (Å²) in [6, 6.07) is 5.74. The minimum atomic E-state index is -4.76. The normalized spacial score (nSPS) is 11.3. The first kappa shape index (κ1) is 18.2. The molecule has 0 aliphatic heterocycles. The number of carbonyl (C=O) groups excluding carboxylic acids is 1. The summed E-state index contributed by atoms with van der Waals surface area (Å²) in [5, 5.41) is 2.88. The van der Waals surface area contributed by atoms with E-state index in [4.69, 9.17) is 4.74 Å². The minimum Gasteiger partial charge on any atom is -0.405 e. The van der Waals surface area contributed by atoms with Gasteiger partial charge < -0.3 is 19.7 Å². The van der Waals surface area contributed by atoms with E-state index in [2.05, 4.69) is 10.1 Å². The number of para-hydroxylation sites is 1. The number of nitrogens with one attached hydrogen (secondary N) is 1. The molecule has 1 N–H and O–H groups in total. The van der Waals surface area contributed by atoms with Crippen LogP contribution in [-0.4, -0.2) is 51.0 Å². The molecule has 0 aliphatic rings. The van der Waals surface area contributed by atoms with E-state index in [1.54, 1.807) is 13.2 Å². The molecule has 0 aliphatic carbocycles. The van der Waals surface area contributed by atoms with Crippen LogP contribution >= 0.6 is 0 Å². The number of likely N-dealkylation sites (N-methyl/N-ethyl adjacent to an activating group) is 1. The second-order valence-electron chi connectivity index (χ2n) is 4.57. The Kier molecular flexibility index (Phi) is 7.13. The SMILES string of the molecule is COCCNCC(=O)N(C)Cc1ccccc1OC(F)(F)F. The predicted octanol–water partition coefficient (Wildman–Crippen LogP) is 1.78. The van der Waals surface area contributed by atoms with E-state index in [0.717, 1.165) is 0 Å². The van der Waals surface area contributed by atoms with Gasteiger partial charge in [0.15, 0.2) is 0 Å². The maximum Gasteiger partial charge on any atom is 0.573 e. The number of ether oxygens (including phenoxy) is 2. The number of alkyl halides is 3. The molecule has 124 valence electrons. The fourth-order valence-electron chi connectivity index (χ4n) is 1.71. The second-order valence-corrected chi connectivity index (χ2v) is 4.57. The first-order chi connectivity index (χ1) is 10.3. The van der Waals surface area contributed by atoms with E-state index in [-0.39, 0.29) is 30.3 Å². The molecule has 0 heterocycles. The third-order valence-electron chi connectivity index (χ3n) is 2.79. The van der Waals surface area contributed by atoms with Crippen molar-refractivity contribution in [3.63, 3.8) is 0 Å². The topological polar surface area (TPSA) is 50.8 Å². The zero-order valence-electron chi connectivity index (χ0n) is 12.4. The number of halogens is 3. The Labute approximate surface area is 127 Å². The van der Waals surface area contributed by atoms with Gasteiger partial charge in [-0.1, -0.05) is 18.2 Å². The van der Waals surface area contributed by atoms with Crippen LogP contribution in [0.5, 0.6) is 5.75 Å². The highest BCUT2D eigenvalue weighted by molar-refractivity contribution is 5.78. The predicted molar refractivity (Wildman–Crippen MR) is 74.3 cm³/mol. The number of amides is 1. The number of methoxy groups -OCH3 is 1. The van der Waals surface area contributed by atoms with Gasteiger partial charge in [-0.15, -0.1) is 13.2 Å². The Morgan fingerprint density at radius 2 is 2.00 bits per heavy atom. The molecule has 0 aromatic heterocycles. The lowest BCUT2D eigenvalue weighted by Gasteiger charge is -2.20. The first-order valence-corrected chi connectivity index (χ1v) is 6.60. The molecule has 0 saturated carbocycles. The van der Waals surface area contributed by atoms with E-state index in [1.165, 1.54) is 30.1 Å². The summed E-state index contributed by atoms with van der Waals surface area (Å²) in [5.41, 5.74) is 0.285. The van der Waals surface area contributed by atoms with Gasteiger partial charge in [0.05, 0.1) is 13.2 Å². The lowest BCUT2D eigenvalue weighted by Crippen LogP contribution is -2.36. The second kappa shape index (κ2) is 8.60. The van der Waals surface area contributed by atoms with E-state index in [1.807, 2.05) is 0 Å². The smallest absolute Gasteiger partial charge is 0.405 e. The van der Waals surface area contributed by atoms with Gasteiger partial charge in [0.1, 0.15) is 5.75 Å². The molecule has 0 spiro atoms. The lowest BCUT2D eigenvalue weighted by atomic mass is 10.2. The fourth-order valence-corrected chi connectivity index (χ4v) is 1.71. The van der Waals surface area contributed by atoms with Crippen LogP contribution in [0, 0.1) is 0 Å². The van der Waals surface area contributed by atoms with Crippen LogP contribution in [-0.2, 0) is 16.1 Å². The zero-order chi connectivity index (χ0) is 16.6. The Morgan fingerprint density at radius 1 is 1.32 bits per heavy atom. The molecule has 0 atom stereocenters. The summed E-state index contributed by atoms with van der Waals surface area (Å²) in [6.45, 7) is 1.10. The highest BCUT2D eigenvalue weighted by atomic mass is 19.4. The summed E-state index contributed by atoms with van der Waals surface area (Å²) in [7, 11) is 3.07. The van der Waals surface area contributed by atoms with Crippen LogP contribution in [0.2, 0.25) is 0 Å². The van der Waals surface area contributed by atoms with Crippen molar-refractivity contribution in [2.24, 2.45) is 0 Å². The monoisotopic (exact) mass is 320 g/mol. The minimum absolute atomic E-state index is 0.0248. The van der Waals surface area contributed by atoms with E-state index < -0.39 is 6.36 Å². The molecule has 1 amide bonds. The van der Waals surface area contributed by atoms with Crippen molar-refractivity contribution >= 4 is 5.91 Å². The maximum absolute atomic E-state index is 12.3. The highest BCUT2D eigenvalue weighted by Gasteiger charge is 2.32. The van der Waals surface area contributed by atoms with Crippen LogP contribution in [0.1, 0.15) is 5.56 Å². The van der Waals surface area contributed by atoms with Crippen molar-refractivity contribution in [2.45, 2.75) is 12.9 Å². The lowest BCUT2D eigenvalue weighted by molar-refractivity contribution is -0.275. The standard InChI is InChI=1S/C14H19F3N2O3/c1-19(13(20)9-18-7-8-21-2)10-11-5-3-4-6-12(11)22-14(15,16)17/h3-6,18H,7-10H2,1-2H3. The third kappa shape index (κ3) is 6.77. The van der Waals surface area contributed by atoms with Gasteiger partial charge in [0.25, 0.3) is 0 Å². The van der Waals surface area contributed by atoms with E-state index in [9.17, 15) is 18.0 Å².